The summed E-state index contributed by atoms with van der Waals surface area (Å²) in [6.07, 6.45) is 6.91. The third-order valence-electron chi connectivity index (χ3n) is 3.28. The fraction of sp³-hybridized carbons (Fsp3) is 0.857. The summed E-state index contributed by atoms with van der Waals surface area (Å²) < 4.78 is 0. The van der Waals surface area contributed by atoms with Gasteiger partial charge in [-0.1, -0.05) is 18.6 Å². The Morgan fingerprint density at radius 3 is 2.88 bits per heavy atom. The number of hydrogen-bond donors (Lipinski definition) is 2. The Kier molecular flexibility index (Phi) is 6.04. The third kappa shape index (κ3) is 5.94. The van der Waals surface area contributed by atoms with Crippen molar-refractivity contribution >= 4 is 11.8 Å². The molecular formula is C14H27NOS. The average molecular weight is 257 g/mol. The molecule has 1 rings (SSSR count). The van der Waals surface area contributed by atoms with Crippen molar-refractivity contribution in [1.82, 2.24) is 5.32 Å². The molecule has 0 fully saturated rings. The van der Waals surface area contributed by atoms with Crippen LogP contribution >= 0.6 is 11.8 Å². The van der Waals surface area contributed by atoms with Gasteiger partial charge in [0.05, 0.1) is 5.60 Å². The maximum Gasteiger partial charge on any atom is 0.0833 e. The topological polar surface area (TPSA) is 32.3 Å². The molecule has 3 unspecified atom stereocenters. The van der Waals surface area contributed by atoms with Crippen LogP contribution in [0.1, 0.15) is 33.6 Å². The smallest absolute Gasteiger partial charge is 0.0833 e. The summed E-state index contributed by atoms with van der Waals surface area (Å²) in [4.78, 5) is 0. The molecule has 0 amide bonds. The zero-order valence-electron chi connectivity index (χ0n) is 11.6. The lowest BCUT2D eigenvalue weighted by Crippen LogP contribution is -2.42. The molecule has 2 N–H and O–H groups in total. The van der Waals surface area contributed by atoms with Crippen LogP contribution in [0.15, 0.2) is 11.6 Å². The highest BCUT2D eigenvalue weighted by molar-refractivity contribution is 7.98. The van der Waals surface area contributed by atoms with Gasteiger partial charge in [-0.05, 0) is 51.3 Å². The van der Waals surface area contributed by atoms with Gasteiger partial charge in [0, 0.05) is 12.3 Å². The second-order valence-electron chi connectivity index (χ2n) is 5.86. The summed E-state index contributed by atoms with van der Waals surface area (Å²) in [6, 6.07) is 0. The fourth-order valence-electron chi connectivity index (χ4n) is 2.75. The first-order chi connectivity index (χ1) is 7.93. The minimum atomic E-state index is -0.579. The first-order valence-corrected chi connectivity index (χ1v) is 7.91. The predicted molar refractivity (Wildman–Crippen MR) is 77.5 cm³/mol. The molecule has 1 aliphatic rings. The van der Waals surface area contributed by atoms with Gasteiger partial charge in [0.1, 0.15) is 0 Å². The van der Waals surface area contributed by atoms with Crippen molar-refractivity contribution in [2.75, 3.05) is 25.1 Å². The molecule has 0 aromatic rings. The SMILES string of the molecule is CSCC(C)(O)CNCC1CC(C)=CC(C)C1. The minimum Gasteiger partial charge on any atom is -0.388 e. The van der Waals surface area contributed by atoms with E-state index in [2.05, 4.69) is 25.2 Å². The Morgan fingerprint density at radius 1 is 1.59 bits per heavy atom. The van der Waals surface area contributed by atoms with Crippen molar-refractivity contribution in [3.63, 3.8) is 0 Å². The molecule has 3 heteroatoms. The van der Waals surface area contributed by atoms with E-state index < -0.39 is 5.60 Å². The quantitative estimate of drug-likeness (QED) is 0.718. The largest absolute Gasteiger partial charge is 0.388 e. The summed E-state index contributed by atoms with van der Waals surface area (Å²) in [5.74, 6) is 2.24. The zero-order valence-corrected chi connectivity index (χ0v) is 12.4. The van der Waals surface area contributed by atoms with Crippen LogP contribution in [0.25, 0.3) is 0 Å². The van der Waals surface area contributed by atoms with Crippen LogP contribution in [0, 0.1) is 11.8 Å². The second kappa shape index (κ2) is 6.81. The van der Waals surface area contributed by atoms with E-state index >= 15 is 0 Å². The van der Waals surface area contributed by atoms with E-state index in [4.69, 9.17) is 0 Å². The molecule has 0 bridgehead atoms. The molecule has 17 heavy (non-hydrogen) atoms. The van der Waals surface area contributed by atoms with E-state index in [0.29, 0.717) is 12.5 Å². The number of allylic oxidation sites excluding steroid dienone is 2. The summed E-state index contributed by atoms with van der Waals surface area (Å²) in [6.45, 7) is 8.15. The number of nitrogens with one attached hydrogen (secondary N) is 1. The van der Waals surface area contributed by atoms with Gasteiger partial charge in [0.15, 0.2) is 0 Å². The highest BCUT2D eigenvalue weighted by Crippen LogP contribution is 2.27. The van der Waals surface area contributed by atoms with Gasteiger partial charge in [-0.25, -0.2) is 0 Å². The van der Waals surface area contributed by atoms with E-state index in [1.54, 1.807) is 11.8 Å². The summed E-state index contributed by atoms with van der Waals surface area (Å²) in [7, 11) is 0. The minimum absolute atomic E-state index is 0.579. The third-order valence-corrected chi connectivity index (χ3v) is 4.19. The molecule has 2 nitrogen and oxygen atoms in total. The molecule has 0 saturated carbocycles. The Labute approximate surface area is 110 Å². The first-order valence-electron chi connectivity index (χ1n) is 6.52. The molecule has 0 heterocycles. The van der Waals surface area contributed by atoms with Crippen LogP contribution < -0.4 is 5.32 Å². The molecule has 0 aromatic heterocycles. The molecule has 0 saturated heterocycles. The van der Waals surface area contributed by atoms with Crippen LogP contribution in [0.5, 0.6) is 0 Å². The van der Waals surface area contributed by atoms with E-state index in [-0.39, 0.29) is 0 Å². The number of rotatable bonds is 6. The Morgan fingerprint density at radius 2 is 2.29 bits per heavy atom. The molecule has 0 aliphatic heterocycles. The van der Waals surface area contributed by atoms with Gasteiger partial charge < -0.3 is 10.4 Å². The lowest BCUT2D eigenvalue weighted by atomic mass is 9.83. The van der Waals surface area contributed by atoms with Crippen molar-refractivity contribution in [3.8, 4) is 0 Å². The van der Waals surface area contributed by atoms with Crippen molar-refractivity contribution in [1.29, 1.82) is 0 Å². The van der Waals surface area contributed by atoms with E-state index in [1.165, 1.54) is 18.4 Å². The fourth-order valence-corrected chi connectivity index (χ4v) is 3.47. The van der Waals surface area contributed by atoms with Crippen LogP contribution in [0.2, 0.25) is 0 Å². The van der Waals surface area contributed by atoms with Gasteiger partial charge >= 0.3 is 0 Å². The molecule has 0 radical (unpaired) electrons. The molecular weight excluding hydrogens is 230 g/mol. The molecule has 0 spiro atoms. The van der Waals surface area contributed by atoms with Crippen molar-refractivity contribution in [2.45, 2.75) is 39.2 Å². The standard InChI is InChI=1S/C14H27NOS/c1-11-5-12(2)7-13(6-11)8-15-9-14(3,16)10-17-4/h5,11,13,15-16H,6-10H2,1-4H3. The van der Waals surface area contributed by atoms with Gasteiger partial charge in [0.2, 0.25) is 0 Å². The average Bonchev–Trinajstić information content (AvgIpc) is 2.15. The maximum atomic E-state index is 10.1. The predicted octanol–water partition coefficient (Wildman–Crippen LogP) is 2.68. The Hall–Kier alpha value is 0.0100. The highest BCUT2D eigenvalue weighted by atomic mass is 32.2. The van der Waals surface area contributed by atoms with E-state index in [1.807, 2.05) is 13.2 Å². The van der Waals surface area contributed by atoms with Crippen molar-refractivity contribution < 1.29 is 5.11 Å². The molecule has 1 aliphatic carbocycles. The van der Waals surface area contributed by atoms with Gasteiger partial charge in [-0.2, -0.15) is 11.8 Å². The van der Waals surface area contributed by atoms with Crippen molar-refractivity contribution in [3.05, 3.63) is 11.6 Å². The molecule has 0 aromatic carbocycles. The first kappa shape index (κ1) is 15.1. The van der Waals surface area contributed by atoms with Crippen LogP contribution in [0.4, 0.5) is 0 Å². The normalized spacial score (nSPS) is 28.6. The monoisotopic (exact) mass is 257 g/mol. The van der Waals surface area contributed by atoms with Crippen LogP contribution in [-0.4, -0.2) is 35.8 Å². The highest BCUT2D eigenvalue weighted by Gasteiger charge is 2.21. The number of hydrogen-bond acceptors (Lipinski definition) is 3. The number of aliphatic hydroxyl groups is 1. The van der Waals surface area contributed by atoms with Crippen LogP contribution in [0.3, 0.4) is 0 Å². The second-order valence-corrected chi connectivity index (χ2v) is 6.72. The Balaban J connectivity index is 2.25. The zero-order chi connectivity index (χ0) is 12.9. The van der Waals surface area contributed by atoms with Crippen LogP contribution in [-0.2, 0) is 0 Å². The van der Waals surface area contributed by atoms with E-state index in [0.717, 1.165) is 18.2 Å². The summed E-state index contributed by atoms with van der Waals surface area (Å²) >= 11 is 1.70. The lowest BCUT2D eigenvalue weighted by molar-refractivity contribution is 0.0834. The number of thioether (sulfide) groups is 1. The molecule has 100 valence electrons. The van der Waals surface area contributed by atoms with E-state index in [9.17, 15) is 5.11 Å². The Bertz CT molecular complexity index is 263. The van der Waals surface area contributed by atoms with Gasteiger partial charge in [-0.3, -0.25) is 0 Å². The summed E-state index contributed by atoms with van der Waals surface area (Å²) in [5.41, 5.74) is 0.941. The van der Waals surface area contributed by atoms with Gasteiger partial charge in [-0.15, -0.1) is 0 Å². The summed E-state index contributed by atoms with van der Waals surface area (Å²) in [5, 5.41) is 13.5. The lowest BCUT2D eigenvalue weighted by Gasteiger charge is -2.28. The maximum absolute atomic E-state index is 10.1. The molecule has 3 atom stereocenters. The van der Waals surface area contributed by atoms with Crippen molar-refractivity contribution in [2.24, 2.45) is 11.8 Å². The van der Waals surface area contributed by atoms with Gasteiger partial charge in [0.25, 0.3) is 0 Å².